The summed E-state index contributed by atoms with van der Waals surface area (Å²) in [5, 5.41) is 8.46. The fourth-order valence-corrected chi connectivity index (χ4v) is 3.15. The van der Waals surface area contributed by atoms with Crippen LogP contribution in [-0.4, -0.2) is 45.9 Å². The SMILES string of the molecule is COc1cc(NC(=O)CCNC(=O)NC2CCCCC2)cc(OC)c1OC. The summed E-state index contributed by atoms with van der Waals surface area (Å²) in [6.07, 6.45) is 5.75. The molecule has 1 saturated carbocycles. The Morgan fingerprint density at radius 1 is 1.00 bits per heavy atom. The van der Waals surface area contributed by atoms with E-state index < -0.39 is 0 Å². The maximum Gasteiger partial charge on any atom is 0.315 e. The van der Waals surface area contributed by atoms with Crippen molar-refractivity contribution in [1.82, 2.24) is 10.6 Å². The molecule has 0 aromatic heterocycles. The third-order valence-electron chi connectivity index (χ3n) is 4.53. The highest BCUT2D eigenvalue weighted by atomic mass is 16.5. The summed E-state index contributed by atoms with van der Waals surface area (Å²) in [6, 6.07) is 3.33. The predicted molar refractivity (Wildman–Crippen MR) is 103 cm³/mol. The van der Waals surface area contributed by atoms with Gasteiger partial charge in [0.1, 0.15) is 0 Å². The third-order valence-corrected chi connectivity index (χ3v) is 4.53. The predicted octanol–water partition coefficient (Wildman–Crippen LogP) is 2.67. The Kier molecular flexibility index (Phi) is 8.03. The number of benzene rings is 1. The molecule has 0 spiro atoms. The molecule has 3 amide bonds. The fourth-order valence-electron chi connectivity index (χ4n) is 3.15. The van der Waals surface area contributed by atoms with Crippen LogP contribution >= 0.6 is 0 Å². The molecule has 1 aromatic rings. The Balaban J connectivity index is 1.80. The highest BCUT2D eigenvalue weighted by molar-refractivity contribution is 5.92. The van der Waals surface area contributed by atoms with E-state index in [4.69, 9.17) is 14.2 Å². The summed E-state index contributed by atoms with van der Waals surface area (Å²) < 4.78 is 15.8. The van der Waals surface area contributed by atoms with Crippen LogP contribution in [-0.2, 0) is 4.79 Å². The van der Waals surface area contributed by atoms with Crippen LogP contribution < -0.4 is 30.2 Å². The van der Waals surface area contributed by atoms with Crippen LogP contribution in [0.25, 0.3) is 0 Å². The molecule has 0 heterocycles. The van der Waals surface area contributed by atoms with Gasteiger partial charge in [0.25, 0.3) is 0 Å². The van der Waals surface area contributed by atoms with Crippen LogP contribution in [0.5, 0.6) is 17.2 Å². The smallest absolute Gasteiger partial charge is 0.315 e. The standard InChI is InChI=1S/C19H29N3O5/c1-25-15-11-14(12-16(26-2)18(15)27-3)21-17(23)9-10-20-19(24)22-13-7-5-4-6-8-13/h11-13H,4-10H2,1-3H3,(H,21,23)(H2,20,22,24). The molecule has 0 atom stereocenters. The van der Waals surface area contributed by atoms with E-state index in [0.29, 0.717) is 22.9 Å². The van der Waals surface area contributed by atoms with Crippen LogP contribution in [0, 0.1) is 0 Å². The molecule has 150 valence electrons. The number of carbonyl (C=O) groups is 2. The average Bonchev–Trinajstić information content (AvgIpc) is 2.67. The number of nitrogens with one attached hydrogen (secondary N) is 3. The van der Waals surface area contributed by atoms with Crippen molar-refractivity contribution in [2.45, 2.75) is 44.6 Å². The molecule has 8 heteroatoms. The van der Waals surface area contributed by atoms with E-state index in [1.54, 1.807) is 12.1 Å². The zero-order valence-electron chi connectivity index (χ0n) is 16.2. The number of amides is 3. The van der Waals surface area contributed by atoms with E-state index in [0.717, 1.165) is 25.7 Å². The Morgan fingerprint density at radius 2 is 1.63 bits per heavy atom. The number of urea groups is 1. The van der Waals surface area contributed by atoms with Gasteiger partial charge < -0.3 is 30.2 Å². The van der Waals surface area contributed by atoms with E-state index in [1.165, 1.54) is 27.8 Å². The van der Waals surface area contributed by atoms with Crippen LogP contribution in [0.4, 0.5) is 10.5 Å². The van der Waals surface area contributed by atoms with Crippen molar-refractivity contribution < 1.29 is 23.8 Å². The van der Waals surface area contributed by atoms with Gasteiger partial charge in [-0.05, 0) is 12.8 Å². The first-order chi connectivity index (χ1) is 13.1. The average molecular weight is 379 g/mol. The molecular formula is C19H29N3O5. The first kappa shape index (κ1) is 20.7. The van der Waals surface area contributed by atoms with Gasteiger partial charge in [0.15, 0.2) is 11.5 Å². The van der Waals surface area contributed by atoms with Gasteiger partial charge in [-0.3, -0.25) is 4.79 Å². The lowest BCUT2D eigenvalue weighted by molar-refractivity contribution is -0.116. The minimum absolute atomic E-state index is 0.161. The Morgan fingerprint density at radius 3 is 2.19 bits per heavy atom. The molecule has 0 saturated heterocycles. The minimum atomic E-state index is -0.220. The van der Waals surface area contributed by atoms with Gasteiger partial charge in [0.2, 0.25) is 11.7 Å². The number of hydrogen-bond acceptors (Lipinski definition) is 5. The lowest BCUT2D eigenvalue weighted by Gasteiger charge is -2.22. The Labute approximate surface area is 159 Å². The van der Waals surface area contributed by atoms with Gasteiger partial charge in [-0.2, -0.15) is 0 Å². The van der Waals surface area contributed by atoms with Crippen molar-refractivity contribution in [3.63, 3.8) is 0 Å². The molecule has 1 fully saturated rings. The van der Waals surface area contributed by atoms with Gasteiger partial charge in [-0.25, -0.2) is 4.79 Å². The fraction of sp³-hybridized carbons (Fsp3) is 0.579. The summed E-state index contributed by atoms with van der Waals surface area (Å²) in [6.45, 7) is 0.259. The van der Waals surface area contributed by atoms with Crippen molar-refractivity contribution in [2.24, 2.45) is 0 Å². The van der Waals surface area contributed by atoms with Crippen LogP contribution in [0.3, 0.4) is 0 Å². The molecule has 2 rings (SSSR count). The maximum absolute atomic E-state index is 12.1. The van der Waals surface area contributed by atoms with E-state index in [9.17, 15) is 9.59 Å². The lowest BCUT2D eigenvalue weighted by Crippen LogP contribution is -2.43. The van der Waals surface area contributed by atoms with Gasteiger partial charge in [-0.1, -0.05) is 19.3 Å². The summed E-state index contributed by atoms with van der Waals surface area (Å²) in [5.74, 6) is 1.15. The number of hydrogen-bond donors (Lipinski definition) is 3. The van der Waals surface area contributed by atoms with Crippen LogP contribution in [0.15, 0.2) is 12.1 Å². The van der Waals surface area contributed by atoms with Crippen LogP contribution in [0.2, 0.25) is 0 Å². The second kappa shape index (κ2) is 10.5. The number of ether oxygens (including phenoxy) is 3. The Bertz CT molecular complexity index is 619. The quantitative estimate of drug-likeness (QED) is 0.645. The molecule has 27 heavy (non-hydrogen) atoms. The minimum Gasteiger partial charge on any atom is -0.493 e. The maximum atomic E-state index is 12.1. The third kappa shape index (κ3) is 6.23. The molecule has 3 N–H and O–H groups in total. The largest absolute Gasteiger partial charge is 0.493 e. The van der Waals surface area contributed by atoms with E-state index in [-0.39, 0.29) is 30.9 Å². The molecule has 1 aliphatic rings. The van der Waals surface area contributed by atoms with Crippen molar-refractivity contribution in [1.29, 1.82) is 0 Å². The van der Waals surface area contributed by atoms with E-state index >= 15 is 0 Å². The molecule has 0 bridgehead atoms. The monoisotopic (exact) mass is 379 g/mol. The van der Waals surface area contributed by atoms with E-state index in [1.807, 2.05) is 0 Å². The first-order valence-corrected chi connectivity index (χ1v) is 9.21. The summed E-state index contributed by atoms with van der Waals surface area (Å²) >= 11 is 0. The molecule has 0 aliphatic heterocycles. The number of rotatable bonds is 8. The van der Waals surface area contributed by atoms with Crippen molar-refractivity contribution in [3.8, 4) is 17.2 Å². The lowest BCUT2D eigenvalue weighted by atomic mass is 9.96. The topological polar surface area (TPSA) is 97.9 Å². The van der Waals surface area contributed by atoms with Gasteiger partial charge >= 0.3 is 6.03 Å². The molecule has 0 unspecified atom stereocenters. The van der Waals surface area contributed by atoms with Crippen molar-refractivity contribution >= 4 is 17.6 Å². The number of carbonyl (C=O) groups excluding carboxylic acids is 2. The summed E-state index contributed by atoms with van der Waals surface area (Å²) in [7, 11) is 4.54. The summed E-state index contributed by atoms with van der Waals surface area (Å²) in [4.78, 5) is 24.0. The van der Waals surface area contributed by atoms with Gasteiger partial charge in [0, 0.05) is 36.8 Å². The first-order valence-electron chi connectivity index (χ1n) is 9.21. The highest BCUT2D eigenvalue weighted by Gasteiger charge is 2.16. The van der Waals surface area contributed by atoms with Crippen molar-refractivity contribution in [2.75, 3.05) is 33.2 Å². The highest BCUT2D eigenvalue weighted by Crippen LogP contribution is 2.39. The molecule has 8 nitrogen and oxygen atoms in total. The van der Waals surface area contributed by atoms with Gasteiger partial charge in [0.05, 0.1) is 21.3 Å². The zero-order valence-corrected chi connectivity index (χ0v) is 16.2. The summed E-state index contributed by atoms with van der Waals surface area (Å²) in [5.41, 5.74) is 0.529. The molecule has 1 aromatic carbocycles. The number of methoxy groups -OCH3 is 3. The molecule has 1 aliphatic carbocycles. The molecular weight excluding hydrogens is 350 g/mol. The Hall–Kier alpha value is -2.64. The van der Waals surface area contributed by atoms with E-state index in [2.05, 4.69) is 16.0 Å². The van der Waals surface area contributed by atoms with Crippen LogP contribution in [0.1, 0.15) is 38.5 Å². The van der Waals surface area contributed by atoms with Gasteiger partial charge in [-0.15, -0.1) is 0 Å². The number of anilines is 1. The molecule has 0 radical (unpaired) electrons. The normalized spacial score (nSPS) is 14.2. The van der Waals surface area contributed by atoms with Crippen molar-refractivity contribution in [3.05, 3.63) is 12.1 Å². The second-order valence-corrected chi connectivity index (χ2v) is 6.45. The second-order valence-electron chi connectivity index (χ2n) is 6.45. The zero-order chi connectivity index (χ0) is 19.6.